The predicted octanol–water partition coefficient (Wildman–Crippen LogP) is -0.150. The van der Waals surface area contributed by atoms with E-state index in [9.17, 15) is 0 Å². The molecule has 1 rings (SSSR count). The second-order valence-corrected chi connectivity index (χ2v) is 3.22. The minimum Gasteiger partial charge on any atom is -0.395 e. The van der Waals surface area contributed by atoms with Crippen molar-refractivity contribution in [1.82, 2.24) is 9.97 Å². The smallest absolute Gasteiger partial charge is 0.223 e. The molecule has 0 aliphatic heterocycles. The molecule has 0 bridgehead atoms. The van der Waals surface area contributed by atoms with Crippen LogP contribution in [0.25, 0.3) is 0 Å². The van der Waals surface area contributed by atoms with Crippen LogP contribution in [0.3, 0.4) is 0 Å². The highest BCUT2D eigenvalue weighted by Gasteiger charge is 2.08. The Labute approximate surface area is 88.9 Å². The van der Waals surface area contributed by atoms with Gasteiger partial charge in [-0.05, 0) is 6.42 Å². The van der Waals surface area contributed by atoms with Crippen molar-refractivity contribution in [3.8, 4) is 0 Å². The molecule has 0 atom stereocenters. The molecule has 84 valence electrons. The summed E-state index contributed by atoms with van der Waals surface area (Å²) >= 11 is 0. The third kappa shape index (κ3) is 3.25. The SMILES string of the molecule is CCCN(CCO)c1cc(N)nc(N)n1. The van der Waals surface area contributed by atoms with E-state index in [0.717, 1.165) is 13.0 Å². The van der Waals surface area contributed by atoms with Crippen molar-refractivity contribution in [2.24, 2.45) is 0 Å². The first-order chi connectivity index (χ1) is 7.17. The Kier molecular flexibility index (Phi) is 4.11. The van der Waals surface area contributed by atoms with Gasteiger partial charge in [0.25, 0.3) is 0 Å². The molecule has 0 radical (unpaired) electrons. The van der Waals surface area contributed by atoms with Gasteiger partial charge in [-0.3, -0.25) is 0 Å². The molecule has 0 aromatic carbocycles. The lowest BCUT2D eigenvalue weighted by molar-refractivity contribution is 0.301. The molecular formula is C9H17N5O. The van der Waals surface area contributed by atoms with Crippen molar-refractivity contribution >= 4 is 17.6 Å². The van der Waals surface area contributed by atoms with Crippen LogP contribution in [0.5, 0.6) is 0 Å². The Morgan fingerprint density at radius 1 is 1.33 bits per heavy atom. The van der Waals surface area contributed by atoms with E-state index in [0.29, 0.717) is 18.2 Å². The number of aliphatic hydroxyl groups is 1. The van der Waals surface area contributed by atoms with Gasteiger partial charge in [0.15, 0.2) is 0 Å². The van der Waals surface area contributed by atoms with Crippen molar-refractivity contribution in [2.75, 3.05) is 36.1 Å². The van der Waals surface area contributed by atoms with Gasteiger partial charge < -0.3 is 21.5 Å². The van der Waals surface area contributed by atoms with Gasteiger partial charge >= 0.3 is 0 Å². The molecule has 0 saturated heterocycles. The third-order valence-corrected chi connectivity index (χ3v) is 1.94. The molecule has 0 aliphatic rings. The van der Waals surface area contributed by atoms with Gasteiger partial charge in [0.2, 0.25) is 5.95 Å². The molecule has 0 amide bonds. The van der Waals surface area contributed by atoms with Crippen LogP contribution in [0, 0.1) is 0 Å². The van der Waals surface area contributed by atoms with E-state index >= 15 is 0 Å². The third-order valence-electron chi connectivity index (χ3n) is 1.94. The van der Waals surface area contributed by atoms with Crippen LogP contribution in [-0.4, -0.2) is 34.8 Å². The summed E-state index contributed by atoms with van der Waals surface area (Å²) in [5.74, 6) is 1.16. The minimum absolute atomic E-state index is 0.0732. The normalized spacial score (nSPS) is 10.3. The van der Waals surface area contributed by atoms with E-state index in [1.165, 1.54) is 0 Å². The van der Waals surface area contributed by atoms with Crippen molar-refractivity contribution in [3.63, 3.8) is 0 Å². The predicted molar refractivity (Wildman–Crippen MR) is 60.4 cm³/mol. The first-order valence-electron chi connectivity index (χ1n) is 4.93. The van der Waals surface area contributed by atoms with Crippen LogP contribution in [0.4, 0.5) is 17.6 Å². The van der Waals surface area contributed by atoms with Crippen molar-refractivity contribution in [1.29, 1.82) is 0 Å². The van der Waals surface area contributed by atoms with Crippen LogP contribution < -0.4 is 16.4 Å². The maximum Gasteiger partial charge on any atom is 0.223 e. The van der Waals surface area contributed by atoms with E-state index in [1.807, 2.05) is 4.90 Å². The summed E-state index contributed by atoms with van der Waals surface area (Å²) in [5, 5.41) is 8.92. The van der Waals surface area contributed by atoms with Crippen LogP contribution >= 0.6 is 0 Å². The van der Waals surface area contributed by atoms with Crippen LogP contribution in [0.1, 0.15) is 13.3 Å². The minimum atomic E-state index is 0.0732. The van der Waals surface area contributed by atoms with E-state index in [2.05, 4.69) is 16.9 Å². The van der Waals surface area contributed by atoms with Crippen LogP contribution in [0.2, 0.25) is 0 Å². The lowest BCUT2D eigenvalue weighted by atomic mass is 10.4. The highest BCUT2D eigenvalue weighted by Crippen LogP contribution is 2.14. The van der Waals surface area contributed by atoms with E-state index < -0.39 is 0 Å². The van der Waals surface area contributed by atoms with Gasteiger partial charge in [0, 0.05) is 19.2 Å². The Hall–Kier alpha value is -1.56. The van der Waals surface area contributed by atoms with Gasteiger partial charge in [0.05, 0.1) is 6.61 Å². The number of nitrogens with zero attached hydrogens (tertiary/aromatic N) is 3. The fraction of sp³-hybridized carbons (Fsp3) is 0.556. The summed E-state index contributed by atoms with van der Waals surface area (Å²) in [6.07, 6.45) is 0.962. The lowest BCUT2D eigenvalue weighted by Crippen LogP contribution is -2.28. The Balaban J connectivity index is 2.88. The topological polar surface area (TPSA) is 101 Å². The quantitative estimate of drug-likeness (QED) is 0.626. The summed E-state index contributed by atoms with van der Waals surface area (Å²) in [4.78, 5) is 9.79. The van der Waals surface area contributed by atoms with Gasteiger partial charge in [-0.25, -0.2) is 0 Å². The molecule has 0 fully saturated rings. The molecule has 1 aromatic heterocycles. The number of rotatable bonds is 5. The summed E-state index contributed by atoms with van der Waals surface area (Å²) in [5.41, 5.74) is 11.1. The number of anilines is 3. The fourth-order valence-electron chi connectivity index (χ4n) is 1.36. The van der Waals surface area contributed by atoms with Gasteiger partial charge in [-0.15, -0.1) is 0 Å². The summed E-state index contributed by atoms with van der Waals surface area (Å²) in [6, 6.07) is 1.65. The molecule has 6 heteroatoms. The van der Waals surface area contributed by atoms with Gasteiger partial charge in [0.1, 0.15) is 11.6 Å². The number of nitrogens with two attached hydrogens (primary N) is 2. The summed E-state index contributed by atoms with van der Waals surface area (Å²) < 4.78 is 0. The van der Waals surface area contributed by atoms with E-state index in [4.69, 9.17) is 16.6 Å². The fourth-order valence-corrected chi connectivity index (χ4v) is 1.36. The van der Waals surface area contributed by atoms with E-state index in [1.54, 1.807) is 6.07 Å². The Morgan fingerprint density at radius 2 is 2.07 bits per heavy atom. The molecule has 0 spiro atoms. The number of nitrogen functional groups attached to an aromatic ring is 2. The average Bonchev–Trinajstić information content (AvgIpc) is 2.16. The number of hydrogen-bond acceptors (Lipinski definition) is 6. The number of aromatic nitrogens is 2. The molecule has 15 heavy (non-hydrogen) atoms. The Bertz CT molecular complexity index is 291. The largest absolute Gasteiger partial charge is 0.395 e. The number of aliphatic hydroxyl groups excluding tert-OH is 1. The second kappa shape index (κ2) is 5.35. The zero-order valence-electron chi connectivity index (χ0n) is 8.85. The van der Waals surface area contributed by atoms with Gasteiger partial charge in [-0.2, -0.15) is 9.97 Å². The molecular weight excluding hydrogens is 194 g/mol. The Morgan fingerprint density at radius 3 is 2.60 bits per heavy atom. The molecule has 6 nitrogen and oxygen atoms in total. The second-order valence-electron chi connectivity index (χ2n) is 3.22. The lowest BCUT2D eigenvalue weighted by Gasteiger charge is -2.22. The molecule has 0 unspecified atom stereocenters. The molecule has 0 saturated carbocycles. The zero-order valence-corrected chi connectivity index (χ0v) is 8.85. The molecule has 1 aromatic rings. The van der Waals surface area contributed by atoms with Crippen LogP contribution in [0.15, 0.2) is 6.07 Å². The first kappa shape index (κ1) is 11.5. The number of hydrogen-bond donors (Lipinski definition) is 3. The summed E-state index contributed by atoms with van der Waals surface area (Å²) in [7, 11) is 0. The maximum atomic E-state index is 8.92. The molecule has 1 heterocycles. The molecule has 5 N–H and O–H groups in total. The first-order valence-corrected chi connectivity index (χ1v) is 4.93. The monoisotopic (exact) mass is 211 g/mol. The summed E-state index contributed by atoms with van der Waals surface area (Å²) in [6.45, 7) is 3.45. The average molecular weight is 211 g/mol. The highest BCUT2D eigenvalue weighted by atomic mass is 16.3. The van der Waals surface area contributed by atoms with Crippen molar-refractivity contribution in [3.05, 3.63) is 6.07 Å². The van der Waals surface area contributed by atoms with Crippen molar-refractivity contribution in [2.45, 2.75) is 13.3 Å². The van der Waals surface area contributed by atoms with Crippen LogP contribution in [-0.2, 0) is 0 Å². The standard InChI is InChI=1S/C9H17N5O/c1-2-3-14(4-5-15)8-6-7(10)12-9(11)13-8/h6,15H,2-5H2,1H3,(H4,10,11,12,13). The van der Waals surface area contributed by atoms with Crippen molar-refractivity contribution < 1.29 is 5.11 Å². The zero-order chi connectivity index (χ0) is 11.3. The van der Waals surface area contributed by atoms with E-state index in [-0.39, 0.29) is 12.6 Å². The molecule has 0 aliphatic carbocycles. The highest BCUT2D eigenvalue weighted by molar-refractivity contribution is 5.50. The maximum absolute atomic E-state index is 8.92. The van der Waals surface area contributed by atoms with Gasteiger partial charge in [-0.1, -0.05) is 6.92 Å².